The van der Waals surface area contributed by atoms with Crippen LogP contribution in [0.3, 0.4) is 0 Å². The molecule has 0 spiro atoms. The first-order chi connectivity index (χ1) is 5.20. The average molecular weight is 178 g/mol. The second kappa shape index (κ2) is 6.19. The lowest BCUT2D eigenvalue weighted by Crippen LogP contribution is -2.01. The lowest BCUT2D eigenvalue weighted by molar-refractivity contribution is 0.126. The first-order valence-corrected chi connectivity index (χ1v) is 3.54. The summed E-state index contributed by atoms with van der Waals surface area (Å²) < 4.78 is 9.50. The molecule has 0 aliphatic carbocycles. The highest BCUT2D eigenvalue weighted by atomic mass is 35.5. The number of ether oxygens (including phenoxy) is 2. The minimum absolute atomic E-state index is 0.219. The summed E-state index contributed by atoms with van der Waals surface area (Å²) in [7, 11) is 3.11. The van der Waals surface area contributed by atoms with E-state index in [1.54, 1.807) is 27.2 Å². The van der Waals surface area contributed by atoms with E-state index in [1.165, 1.54) is 6.26 Å². The number of halogens is 1. The van der Waals surface area contributed by atoms with E-state index in [1.807, 2.05) is 0 Å². The van der Waals surface area contributed by atoms with E-state index >= 15 is 0 Å². The van der Waals surface area contributed by atoms with Gasteiger partial charge >= 0.3 is 0 Å². The second-order valence-corrected chi connectivity index (χ2v) is 2.21. The smallest absolute Gasteiger partial charge is 0.146 e. The molecule has 0 aromatic carbocycles. The van der Waals surface area contributed by atoms with E-state index in [4.69, 9.17) is 16.3 Å². The molecule has 0 amide bonds. The molecule has 0 saturated carbocycles. The van der Waals surface area contributed by atoms with Gasteiger partial charge in [0.15, 0.2) is 0 Å². The van der Waals surface area contributed by atoms with Crippen molar-refractivity contribution in [3.05, 3.63) is 12.3 Å². The van der Waals surface area contributed by atoms with Crippen molar-refractivity contribution in [3.8, 4) is 0 Å². The SMILES string of the molecule is CO/C=C/C(Cl)=NC(C)OC. The fraction of sp³-hybridized carbons (Fsp3) is 0.571. The van der Waals surface area contributed by atoms with Crippen LogP contribution in [-0.2, 0) is 9.47 Å². The van der Waals surface area contributed by atoms with Gasteiger partial charge in [-0.2, -0.15) is 0 Å². The monoisotopic (exact) mass is 177 g/mol. The molecule has 11 heavy (non-hydrogen) atoms. The Morgan fingerprint density at radius 1 is 1.55 bits per heavy atom. The molecule has 0 saturated heterocycles. The Morgan fingerprint density at radius 3 is 2.64 bits per heavy atom. The Bertz CT molecular complexity index is 157. The van der Waals surface area contributed by atoms with Crippen LogP contribution in [0.2, 0.25) is 0 Å². The van der Waals surface area contributed by atoms with Crippen LogP contribution in [0.4, 0.5) is 0 Å². The van der Waals surface area contributed by atoms with Gasteiger partial charge in [-0.25, -0.2) is 4.99 Å². The lowest BCUT2D eigenvalue weighted by atomic mass is 10.6. The molecule has 0 heterocycles. The van der Waals surface area contributed by atoms with Crippen molar-refractivity contribution in [1.82, 2.24) is 0 Å². The number of methoxy groups -OCH3 is 2. The molecule has 0 bridgehead atoms. The zero-order valence-corrected chi connectivity index (χ0v) is 7.63. The van der Waals surface area contributed by atoms with E-state index < -0.39 is 0 Å². The Hall–Kier alpha value is -0.540. The maximum absolute atomic E-state index is 5.64. The van der Waals surface area contributed by atoms with Crippen LogP contribution in [0.1, 0.15) is 6.92 Å². The van der Waals surface area contributed by atoms with Crippen molar-refractivity contribution in [2.75, 3.05) is 14.2 Å². The fourth-order valence-electron chi connectivity index (χ4n) is 0.394. The molecular weight excluding hydrogens is 166 g/mol. The molecule has 64 valence electrons. The average Bonchev–Trinajstić information content (AvgIpc) is 2.00. The third-order valence-corrected chi connectivity index (χ3v) is 1.21. The van der Waals surface area contributed by atoms with Gasteiger partial charge in [0.2, 0.25) is 0 Å². The van der Waals surface area contributed by atoms with Crippen molar-refractivity contribution in [2.45, 2.75) is 13.2 Å². The summed E-state index contributed by atoms with van der Waals surface area (Å²) in [4.78, 5) is 3.93. The molecule has 0 aromatic rings. The summed E-state index contributed by atoms with van der Waals surface area (Å²) in [6, 6.07) is 0. The van der Waals surface area contributed by atoms with Gasteiger partial charge in [-0.1, -0.05) is 11.6 Å². The van der Waals surface area contributed by atoms with Crippen molar-refractivity contribution >= 4 is 16.8 Å². The van der Waals surface area contributed by atoms with Gasteiger partial charge in [0.05, 0.1) is 13.4 Å². The third kappa shape index (κ3) is 5.88. The van der Waals surface area contributed by atoms with E-state index in [9.17, 15) is 0 Å². The maximum atomic E-state index is 5.64. The van der Waals surface area contributed by atoms with E-state index in [0.29, 0.717) is 5.17 Å². The number of hydrogen-bond donors (Lipinski definition) is 0. The zero-order chi connectivity index (χ0) is 8.69. The summed E-state index contributed by atoms with van der Waals surface area (Å²) in [5.74, 6) is 0. The quantitative estimate of drug-likeness (QED) is 0.484. The molecule has 1 unspecified atom stereocenters. The van der Waals surface area contributed by atoms with Gasteiger partial charge < -0.3 is 9.47 Å². The Kier molecular flexibility index (Phi) is 5.88. The zero-order valence-electron chi connectivity index (χ0n) is 6.87. The first-order valence-electron chi connectivity index (χ1n) is 3.16. The summed E-state index contributed by atoms with van der Waals surface area (Å²) in [6.45, 7) is 1.79. The Morgan fingerprint density at radius 2 is 2.18 bits per heavy atom. The van der Waals surface area contributed by atoms with Crippen LogP contribution in [-0.4, -0.2) is 25.6 Å². The Balaban J connectivity index is 3.89. The third-order valence-electron chi connectivity index (χ3n) is 0.988. The number of rotatable bonds is 4. The summed E-state index contributed by atoms with van der Waals surface area (Å²) in [5.41, 5.74) is 0. The van der Waals surface area contributed by atoms with Crippen molar-refractivity contribution in [1.29, 1.82) is 0 Å². The maximum Gasteiger partial charge on any atom is 0.146 e. The van der Waals surface area contributed by atoms with Crippen LogP contribution in [0, 0.1) is 0 Å². The van der Waals surface area contributed by atoms with Crippen molar-refractivity contribution < 1.29 is 9.47 Å². The summed E-state index contributed by atoms with van der Waals surface area (Å²) >= 11 is 5.64. The van der Waals surface area contributed by atoms with Crippen LogP contribution in [0.15, 0.2) is 17.3 Å². The molecule has 0 radical (unpaired) electrons. The first kappa shape index (κ1) is 10.5. The van der Waals surface area contributed by atoms with Crippen LogP contribution < -0.4 is 0 Å². The molecule has 0 fully saturated rings. The molecule has 0 N–H and O–H groups in total. The van der Waals surface area contributed by atoms with Crippen LogP contribution in [0.5, 0.6) is 0 Å². The van der Waals surface area contributed by atoms with Gasteiger partial charge in [-0.15, -0.1) is 0 Å². The molecule has 1 atom stereocenters. The molecule has 0 aliphatic heterocycles. The Labute approximate surface area is 71.7 Å². The van der Waals surface area contributed by atoms with Gasteiger partial charge in [-0.3, -0.25) is 0 Å². The predicted molar refractivity (Wildman–Crippen MR) is 45.9 cm³/mol. The number of nitrogens with zero attached hydrogens (tertiary/aromatic N) is 1. The van der Waals surface area contributed by atoms with E-state index in [2.05, 4.69) is 9.73 Å². The van der Waals surface area contributed by atoms with Gasteiger partial charge in [0.1, 0.15) is 11.4 Å². The van der Waals surface area contributed by atoms with Crippen molar-refractivity contribution in [3.63, 3.8) is 0 Å². The lowest BCUT2D eigenvalue weighted by Gasteiger charge is -2.01. The highest BCUT2D eigenvalue weighted by Crippen LogP contribution is 1.95. The molecular formula is C7H12ClNO2. The molecule has 0 rings (SSSR count). The number of hydrogen-bond acceptors (Lipinski definition) is 3. The van der Waals surface area contributed by atoms with Gasteiger partial charge in [0, 0.05) is 13.2 Å². The van der Waals surface area contributed by atoms with E-state index in [0.717, 1.165) is 0 Å². The topological polar surface area (TPSA) is 30.8 Å². The molecule has 0 aromatic heterocycles. The fourth-order valence-corrected chi connectivity index (χ4v) is 0.582. The largest absolute Gasteiger partial charge is 0.504 e. The summed E-state index contributed by atoms with van der Waals surface area (Å²) in [6.07, 6.45) is 2.79. The molecule has 3 nitrogen and oxygen atoms in total. The van der Waals surface area contributed by atoms with E-state index in [-0.39, 0.29) is 6.23 Å². The highest BCUT2D eigenvalue weighted by molar-refractivity contribution is 6.68. The predicted octanol–water partition coefficient (Wildman–Crippen LogP) is 1.78. The van der Waals surface area contributed by atoms with Crippen LogP contribution in [0.25, 0.3) is 0 Å². The highest BCUT2D eigenvalue weighted by Gasteiger charge is 1.94. The minimum atomic E-state index is -0.219. The van der Waals surface area contributed by atoms with Gasteiger partial charge in [0.25, 0.3) is 0 Å². The summed E-state index contributed by atoms with van der Waals surface area (Å²) in [5, 5.41) is 0.362. The van der Waals surface area contributed by atoms with Gasteiger partial charge in [-0.05, 0) is 6.92 Å². The molecule has 4 heteroatoms. The van der Waals surface area contributed by atoms with Crippen molar-refractivity contribution in [2.24, 2.45) is 4.99 Å². The second-order valence-electron chi connectivity index (χ2n) is 1.83. The minimum Gasteiger partial charge on any atom is -0.504 e. The number of aliphatic imine (C=N–C) groups is 1. The molecule has 0 aliphatic rings. The normalized spacial score (nSPS) is 15.5. The standard InChI is InChI=1S/C7H12ClNO2/c1-6(11-3)9-7(8)4-5-10-2/h4-6H,1-3H3/b5-4+,9-7?. The number of allylic oxidation sites excluding steroid dienone is 1. The van der Waals surface area contributed by atoms with Crippen LogP contribution >= 0.6 is 11.6 Å².